The Bertz CT molecular complexity index is 188. The first-order valence-corrected chi connectivity index (χ1v) is 1.96. The third-order valence-electron chi connectivity index (χ3n) is 0.697. The fourth-order valence-electron chi connectivity index (χ4n) is 0.200. The van der Waals surface area contributed by atoms with Crippen LogP contribution in [0.5, 0.6) is 0 Å². The predicted molar refractivity (Wildman–Crippen MR) is 24.8 cm³/mol. The smallest absolute Gasteiger partial charge is 0.250 e. The van der Waals surface area contributed by atoms with Gasteiger partial charge in [-0.2, -0.15) is 0 Å². The second-order valence-electron chi connectivity index (χ2n) is 1.32. The summed E-state index contributed by atoms with van der Waals surface area (Å²) in [5.41, 5.74) is 0. The molecule has 0 saturated carbocycles. The van der Waals surface area contributed by atoms with E-state index < -0.39 is 20.8 Å². The Labute approximate surface area is 56.9 Å². The quantitative estimate of drug-likeness (QED) is 0.240. The lowest BCUT2D eigenvalue weighted by molar-refractivity contribution is -1.00. The lowest BCUT2D eigenvalue weighted by atomic mass is 10.8. The minimum absolute atomic E-state index is 2.23. The minimum atomic E-state index is -4.83. The van der Waals surface area contributed by atoms with Gasteiger partial charge in [0, 0.05) is 0 Å². The molecule has 0 aliphatic heterocycles. The van der Waals surface area contributed by atoms with E-state index >= 15 is 0 Å². The number of halogens is 1. The van der Waals surface area contributed by atoms with Crippen molar-refractivity contribution in [2.45, 2.75) is 6.04 Å². The lowest BCUT2D eigenvalue weighted by Gasteiger charge is -1.96. The average molecular weight is 169 g/mol. The molecule has 0 fully saturated rings. The highest BCUT2D eigenvalue weighted by Crippen LogP contribution is 2.12. The SMILES string of the molecule is O=[N+]([O-])C(F)([N+](=O)[O-])[N+](=O)[O-]. The van der Waals surface area contributed by atoms with Crippen molar-refractivity contribution in [3.8, 4) is 0 Å². The Balaban J connectivity index is 4.99. The number of hydrogen-bond acceptors (Lipinski definition) is 6. The van der Waals surface area contributed by atoms with Crippen molar-refractivity contribution in [2.75, 3.05) is 0 Å². The van der Waals surface area contributed by atoms with Gasteiger partial charge in [0.1, 0.15) is 0 Å². The van der Waals surface area contributed by atoms with Gasteiger partial charge in [-0.15, -0.1) is 0 Å². The van der Waals surface area contributed by atoms with Gasteiger partial charge >= 0.3 is 6.04 Å². The zero-order valence-electron chi connectivity index (χ0n) is 4.67. The summed E-state index contributed by atoms with van der Waals surface area (Å²) >= 11 is 0. The summed E-state index contributed by atoms with van der Waals surface area (Å²) in [6, 6.07) is -4.83. The van der Waals surface area contributed by atoms with Gasteiger partial charge in [-0.25, -0.2) is 30.3 Å². The van der Waals surface area contributed by atoms with Crippen molar-refractivity contribution in [3.63, 3.8) is 0 Å². The maximum Gasteiger partial charge on any atom is 0.884 e. The second kappa shape index (κ2) is 2.40. The summed E-state index contributed by atoms with van der Waals surface area (Å²) < 4.78 is 12.1. The molecule has 0 aliphatic carbocycles. The molecule has 0 N–H and O–H groups in total. The second-order valence-corrected chi connectivity index (χ2v) is 1.32. The Morgan fingerprint density at radius 2 is 1.09 bits per heavy atom. The zero-order chi connectivity index (χ0) is 9.23. The number of nitro groups is 3. The zero-order valence-corrected chi connectivity index (χ0v) is 4.67. The van der Waals surface area contributed by atoms with Crippen LogP contribution >= 0.6 is 0 Å². The summed E-state index contributed by atoms with van der Waals surface area (Å²) in [4.78, 5) is 21.7. The van der Waals surface area contributed by atoms with Crippen LogP contribution in [0.4, 0.5) is 4.39 Å². The van der Waals surface area contributed by atoms with Gasteiger partial charge in [-0.1, -0.05) is 0 Å². The van der Waals surface area contributed by atoms with Crippen LogP contribution in [0.1, 0.15) is 0 Å². The van der Waals surface area contributed by atoms with E-state index in [4.69, 9.17) is 0 Å². The van der Waals surface area contributed by atoms with Crippen LogP contribution in [-0.2, 0) is 0 Å². The van der Waals surface area contributed by atoms with Crippen molar-refractivity contribution < 1.29 is 19.2 Å². The Morgan fingerprint density at radius 1 is 0.909 bits per heavy atom. The monoisotopic (exact) mass is 169 g/mol. The highest BCUT2D eigenvalue weighted by molar-refractivity contribution is 4.30. The lowest BCUT2D eigenvalue weighted by Crippen LogP contribution is -2.48. The molecule has 0 spiro atoms. The van der Waals surface area contributed by atoms with Crippen LogP contribution < -0.4 is 0 Å². The third-order valence-corrected chi connectivity index (χ3v) is 0.697. The molecule has 0 amide bonds. The molecule has 0 atom stereocenters. The summed E-state index contributed by atoms with van der Waals surface area (Å²) in [5.74, 6) is 0. The molecular weight excluding hydrogens is 169 g/mol. The van der Waals surface area contributed by atoms with E-state index in [1.807, 2.05) is 0 Å². The van der Waals surface area contributed by atoms with E-state index in [1.54, 1.807) is 0 Å². The van der Waals surface area contributed by atoms with Gasteiger partial charge < -0.3 is 0 Å². The number of hydrogen-bond donors (Lipinski definition) is 0. The normalized spacial score (nSPS) is 10.6. The first kappa shape index (κ1) is 9.13. The van der Waals surface area contributed by atoms with Crippen molar-refractivity contribution in [3.05, 3.63) is 30.3 Å². The van der Waals surface area contributed by atoms with Crippen LogP contribution in [0.2, 0.25) is 0 Å². The van der Waals surface area contributed by atoms with Gasteiger partial charge in [-0.3, -0.25) is 0 Å². The molecular formula is CFN3O6. The van der Waals surface area contributed by atoms with E-state index in [0.717, 1.165) is 0 Å². The van der Waals surface area contributed by atoms with Gasteiger partial charge in [-0.05, 0) is 4.39 Å². The molecule has 0 aliphatic rings. The van der Waals surface area contributed by atoms with Crippen molar-refractivity contribution in [1.82, 2.24) is 0 Å². The van der Waals surface area contributed by atoms with Gasteiger partial charge in [0.25, 0.3) is 0 Å². The number of nitrogens with zero attached hydrogens (tertiary/aromatic N) is 3. The molecule has 0 rings (SSSR count). The van der Waals surface area contributed by atoms with Gasteiger partial charge in [0.05, 0.1) is 0 Å². The first-order valence-electron chi connectivity index (χ1n) is 1.96. The largest absolute Gasteiger partial charge is 0.884 e. The fraction of sp³-hybridized carbons (Fsp3) is 1.00. The van der Waals surface area contributed by atoms with Crippen LogP contribution in [0.3, 0.4) is 0 Å². The average Bonchev–Trinajstić information content (AvgIpc) is 1.84. The van der Waals surface area contributed by atoms with E-state index in [1.165, 1.54) is 0 Å². The molecule has 0 aromatic carbocycles. The highest BCUT2D eigenvalue weighted by atomic mass is 19.2. The molecule has 9 nitrogen and oxygen atoms in total. The van der Waals surface area contributed by atoms with E-state index in [0.29, 0.717) is 0 Å². The maximum atomic E-state index is 12.1. The fourth-order valence-corrected chi connectivity index (χ4v) is 0.200. The van der Waals surface area contributed by atoms with Crippen molar-refractivity contribution in [2.24, 2.45) is 0 Å². The first-order chi connectivity index (χ1) is 4.83. The molecule has 0 unspecified atom stereocenters. The Morgan fingerprint density at radius 3 is 1.09 bits per heavy atom. The summed E-state index contributed by atoms with van der Waals surface area (Å²) in [6.45, 7) is 0. The predicted octanol–water partition coefficient (Wildman–Crippen LogP) is -0.603. The minimum Gasteiger partial charge on any atom is -0.250 e. The number of rotatable bonds is 3. The Kier molecular flexibility index (Phi) is 1.99. The van der Waals surface area contributed by atoms with Crippen LogP contribution in [0, 0.1) is 30.3 Å². The molecule has 0 heterocycles. The van der Waals surface area contributed by atoms with E-state index in [2.05, 4.69) is 0 Å². The molecule has 0 bridgehead atoms. The van der Waals surface area contributed by atoms with E-state index in [9.17, 15) is 34.7 Å². The van der Waals surface area contributed by atoms with Crippen molar-refractivity contribution >= 4 is 0 Å². The molecule has 10 heteroatoms. The summed E-state index contributed by atoms with van der Waals surface area (Å²) in [6.07, 6.45) is 0. The molecule has 0 aromatic heterocycles. The summed E-state index contributed by atoms with van der Waals surface area (Å²) in [5, 5.41) is 28.4. The number of alkyl halides is 1. The van der Waals surface area contributed by atoms with Crippen LogP contribution in [-0.4, -0.2) is 20.8 Å². The van der Waals surface area contributed by atoms with Gasteiger partial charge in [0.15, 0.2) is 0 Å². The maximum absolute atomic E-state index is 12.1. The standard InChI is InChI=1S/CFN3O6/c2-1(3(6)7,4(8)9)5(10)11. The highest BCUT2D eigenvalue weighted by Gasteiger charge is 2.74. The van der Waals surface area contributed by atoms with Crippen molar-refractivity contribution in [1.29, 1.82) is 0 Å². The Hall–Kier alpha value is -1.87. The van der Waals surface area contributed by atoms with Gasteiger partial charge in [0.2, 0.25) is 14.8 Å². The molecule has 0 saturated heterocycles. The molecule has 0 radical (unpaired) electrons. The molecule has 62 valence electrons. The summed E-state index contributed by atoms with van der Waals surface area (Å²) in [7, 11) is 0. The third kappa shape index (κ3) is 1.17. The van der Waals surface area contributed by atoms with E-state index in [-0.39, 0.29) is 0 Å². The van der Waals surface area contributed by atoms with Crippen LogP contribution in [0.15, 0.2) is 0 Å². The molecule has 11 heavy (non-hydrogen) atoms. The topological polar surface area (TPSA) is 129 Å². The molecule has 0 aromatic rings. The van der Waals surface area contributed by atoms with Crippen LogP contribution in [0.25, 0.3) is 0 Å².